The summed E-state index contributed by atoms with van der Waals surface area (Å²) in [7, 11) is 2.19. The van der Waals surface area contributed by atoms with Crippen LogP contribution in [0, 0.1) is 0 Å². The van der Waals surface area contributed by atoms with Crippen LogP contribution in [0.3, 0.4) is 0 Å². The Morgan fingerprint density at radius 2 is 2.11 bits per heavy atom. The number of nitrogens with zero attached hydrogens (tertiary/aromatic N) is 3. The summed E-state index contributed by atoms with van der Waals surface area (Å²) in [6.07, 6.45) is 5.58. The third-order valence-corrected chi connectivity index (χ3v) is 4.04. The molecule has 4 heteroatoms. The van der Waals surface area contributed by atoms with Crippen molar-refractivity contribution in [3.63, 3.8) is 0 Å². The van der Waals surface area contributed by atoms with Crippen LogP contribution in [-0.2, 0) is 6.42 Å². The van der Waals surface area contributed by atoms with Crippen molar-refractivity contribution in [2.24, 2.45) is 0 Å². The normalized spacial score (nSPS) is 25.9. The van der Waals surface area contributed by atoms with Crippen molar-refractivity contribution in [2.75, 3.05) is 33.2 Å². The fourth-order valence-electron chi connectivity index (χ4n) is 2.89. The Morgan fingerprint density at radius 3 is 2.94 bits per heavy atom. The van der Waals surface area contributed by atoms with Gasteiger partial charge < -0.3 is 4.90 Å². The molecule has 0 spiro atoms. The molecular weight excluding hydrogens is 224 g/mol. The first-order chi connectivity index (χ1) is 8.83. The molecule has 98 valence electrons. The SMILES string of the molecule is CN1CCN(NC2CCCc3cccnc32)CC1. The highest BCUT2D eigenvalue weighted by Crippen LogP contribution is 2.27. The van der Waals surface area contributed by atoms with E-state index in [-0.39, 0.29) is 0 Å². The number of fused-ring (bicyclic) bond motifs is 1. The predicted molar refractivity (Wildman–Crippen MR) is 72.1 cm³/mol. The van der Waals surface area contributed by atoms with Crippen molar-refractivity contribution in [1.29, 1.82) is 0 Å². The van der Waals surface area contributed by atoms with Gasteiger partial charge in [0.05, 0.1) is 11.7 Å². The topological polar surface area (TPSA) is 31.4 Å². The van der Waals surface area contributed by atoms with Gasteiger partial charge in [0.1, 0.15) is 0 Å². The number of hydrogen-bond acceptors (Lipinski definition) is 4. The van der Waals surface area contributed by atoms with E-state index in [0.29, 0.717) is 6.04 Å². The molecule has 1 atom stereocenters. The molecule has 1 N–H and O–H groups in total. The summed E-state index contributed by atoms with van der Waals surface area (Å²) < 4.78 is 0. The first-order valence-electron chi connectivity index (χ1n) is 6.96. The Morgan fingerprint density at radius 1 is 1.28 bits per heavy atom. The van der Waals surface area contributed by atoms with Crippen molar-refractivity contribution in [3.8, 4) is 0 Å². The molecule has 1 saturated heterocycles. The van der Waals surface area contributed by atoms with Gasteiger partial charge in [-0.2, -0.15) is 0 Å². The molecule has 2 heterocycles. The zero-order chi connectivity index (χ0) is 12.4. The van der Waals surface area contributed by atoms with Crippen molar-refractivity contribution in [3.05, 3.63) is 29.6 Å². The predicted octanol–water partition coefficient (Wildman–Crippen LogP) is 1.21. The average Bonchev–Trinajstić information content (AvgIpc) is 2.42. The molecule has 4 nitrogen and oxygen atoms in total. The van der Waals surface area contributed by atoms with Crippen LogP contribution in [-0.4, -0.2) is 48.1 Å². The van der Waals surface area contributed by atoms with Crippen molar-refractivity contribution in [2.45, 2.75) is 25.3 Å². The standard InChI is InChI=1S/C14H22N4/c1-17-8-10-18(11-9-17)16-13-6-2-4-12-5-3-7-15-14(12)13/h3,5,7,13,16H,2,4,6,8-11H2,1H3. The van der Waals surface area contributed by atoms with Gasteiger partial charge in [-0.25, -0.2) is 10.4 Å². The first kappa shape index (κ1) is 12.1. The largest absolute Gasteiger partial charge is 0.304 e. The van der Waals surface area contributed by atoms with Crippen molar-refractivity contribution < 1.29 is 0 Å². The van der Waals surface area contributed by atoms with Gasteiger partial charge >= 0.3 is 0 Å². The third-order valence-electron chi connectivity index (χ3n) is 4.04. The molecule has 1 aliphatic heterocycles. The molecule has 1 aromatic heterocycles. The Balaban J connectivity index is 1.67. The fraction of sp³-hybridized carbons (Fsp3) is 0.643. The second kappa shape index (κ2) is 5.34. The fourth-order valence-corrected chi connectivity index (χ4v) is 2.89. The van der Waals surface area contributed by atoms with Crippen LogP contribution in [0.25, 0.3) is 0 Å². The zero-order valence-corrected chi connectivity index (χ0v) is 11.1. The molecule has 3 rings (SSSR count). The molecule has 1 unspecified atom stereocenters. The lowest BCUT2D eigenvalue weighted by Gasteiger charge is -2.36. The van der Waals surface area contributed by atoms with Gasteiger partial charge in [-0.3, -0.25) is 4.98 Å². The van der Waals surface area contributed by atoms with Gasteiger partial charge in [-0.05, 0) is 37.9 Å². The number of hydrazine groups is 1. The summed E-state index contributed by atoms with van der Waals surface area (Å²) >= 11 is 0. The quantitative estimate of drug-likeness (QED) is 0.850. The van der Waals surface area contributed by atoms with Crippen LogP contribution in [0.15, 0.2) is 18.3 Å². The van der Waals surface area contributed by atoms with E-state index in [1.165, 1.54) is 30.5 Å². The Labute approximate surface area is 109 Å². The van der Waals surface area contributed by atoms with Crippen LogP contribution >= 0.6 is 0 Å². The average molecular weight is 246 g/mol. The Hall–Kier alpha value is -0.970. The van der Waals surface area contributed by atoms with Crippen LogP contribution in [0.4, 0.5) is 0 Å². The number of nitrogens with one attached hydrogen (secondary N) is 1. The van der Waals surface area contributed by atoms with E-state index in [9.17, 15) is 0 Å². The van der Waals surface area contributed by atoms with Gasteiger partial charge in [0.15, 0.2) is 0 Å². The van der Waals surface area contributed by atoms with E-state index in [4.69, 9.17) is 0 Å². The maximum atomic E-state index is 4.58. The molecule has 0 bridgehead atoms. The minimum Gasteiger partial charge on any atom is -0.304 e. The number of piperazine rings is 1. The number of aromatic nitrogens is 1. The summed E-state index contributed by atoms with van der Waals surface area (Å²) in [4.78, 5) is 6.96. The second-order valence-electron chi connectivity index (χ2n) is 5.41. The van der Waals surface area contributed by atoms with Gasteiger partial charge in [0.25, 0.3) is 0 Å². The number of aryl methyl sites for hydroxylation is 1. The highest BCUT2D eigenvalue weighted by molar-refractivity contribution is 5.25. The minimum absolute atomic E-state index is 0.415. The molecule has 0 saturated carbocycles. The molecule has 0 aromatic carbocycles. The molecule has 1 aromatic rings. The highest BCUT2D eigenvalue weighted by atomic mass is 15.5. The molecule has 1 aliphatic carbocycles. The lowest BCUT2D eigenvalue weighted by Crippen LogP contribution is -2.52. The lowest BCUT2D eigenvalue weighted by atomic mass is 9.92. The van der Waals surface area contributed by atoms with Gasteiger partial charge in [0.2, 0.25) is 0 Å². The molecule has 2 aliphatic rings. The zero-order valence-electron chi connectivity index (χ0n) is 11.1. The monoisotopic (exact) mass is 246 g/mol. The molecule has 0 amide bonds. The molecular formula is C14H22N4. The lowest BCUT2D eigenvalue weighted by molar-refractivity contribution is 0.0819. The smallest absolute Gasteiger partial charge is 0.0639 e. The van der Waals surface area contributed by atoms with Gasteiger partial charge in [0, 0.05) is 32.4 Å². The summed E-state index contributed by atoms with van der Waals surface area (Å²) in [5.74, 6) is 0. The first-order valence-corrected chi connectivity index (χ1v) is 6.96. The number of rotatable bonds is 2. The number of pyridine rings is 1. The van der Waals surface area contributed by atoms with Crippen molar-refractivity contribution in [1.82, 2.24) is 20.3 Å². The van der Waals surface area contributed by atoms with Gasteiger partial charge in [-0.15, -0.1) is 0 Å². The summed E-state index contributed by atoms with van der Waals surface area (Å²) in [5.41, 5.74) is 6.37. The van der Waals surface area contributed by atoms with E-state index in [0.717, 1.165) is 26.2 Å². The maximum Gasteiger partial charge on any atom is 0.0639 e. The van der Waals surface area contributed by atoms with E-state index in [1.807, 2.05) is 6.20 Å². The van der Waals surface area contributed by atoms with Crippen molar-refractivity contribution >= 4 is 0 Å². The minimum atomic E-state index is 0.415. The second-order valence-corrected chi connectivity index (χ2v) is 5.41. The molecule has 1 fully saturated rings. The van der Waals surface area contributed by atoms with Crippen LogP contribution in [0.1, 0.15) is 30.1 Å². The Bertz CT molecular complexity index is 399. The number of likely N-dealkylation sites (N-methyl/N-ethyl adjacent to an activating group) is 1. The number of hydrogen-bond donors (Lipinski definition) is 1. The summed E-state index contributed by atoms with van der Waals surface area (Å²) in [6.45, 7) is 4.51. The molecule has 18 heavy (non-hydrogen) atoms. The van der Waals surface area contributed by atoms with E-state index in [1.54, 1.807) is 0 Å². The van der Waals surface area contributed by atoms with Crippen LogP contribution in [0.5, 0.6) is 0 Å². The third kappa shape index (κ3) is 2.55. The van der Waals surface area contributed by atoms with Gasteiger partial charge in [-0.1, -0.05) is 6.07 Å². The maximum absolute atomic E-state index is 4.58. The molecule has 0 radical (unpaired) electrons. The van der Waals surface area contributed by atoms with Crippen LogP contribution < -0.4 is 5.43 Å². The van der Waals surface area contributed by atoms with Crippen LogP contribution in [0.2, 0.25) is 0 Å². The van der Waals surface area contributed by atoms with E-state index < -0.39 is 0 Å². The Kier molecular flexibility index (Phi) is 3.59. The highest BCUT2D eigenvalue weighted by Gasteiger charge is 2.24. The summed E-state index contributed by atoms with van der Waals surface area (Å²) in [6, 6.07) is 4.69. The summed E-state index contributed by atoms with van der Waals surface area (Å²) in [5, 5.41) is 2.37. The van der Waals surface area contributed by atoms with E-state index in [2.05, 4.69) is 39.5 Å². The van der Waals surface area contributed by atoms with E-state index >= 15 is 0 Å².